The smallest absolute Gasteiger partial charge is 0.191 e. The first-order valence-electron chi connectivity index (χ1n) is 7.88. The fraction of sp³-hybridized carbons (Fsp3) is 0.263. The second kappa shape index (κ2) is 10.7. The van der Waals surface area contributed by atoms with Crippen molar-refractivity contribution in [3.8, 4) is 6.07 Å². The Kier molecular flexibility index (Phi) is 8.92. The van der Waals surface area contributed by atoms with E-state index in [1.807, 2.05) is 25.1 Å². The average molecular weight is 452 g/mol. The Bertz CT molecular complexity index is 751. The van der Waals surface area contributed by atoms with Crippen molar-refractivity contribution in [1.29, 1.82) is 5.26 Å². The Labute approximate surface area is 165 Å². The van der Waals surface area contributed by atoms with E-state index < -0.39 is 0 Å². The Morgan fingerprint density at radius 3 is 2.40 bits per heavy atom. The predicted molar refractivity (Wildman–Crippen MR) is 109 cm³/mol. The Morgan fingerprint density at radius 2 is 1.80 bits per heavy atom. The van der Waals surface area contributed by atoms with Gasteiger partial charge in [-0.2, -0.15) is 5.26 Å². The van der Waals surface area contributed by atoms with Crippen molar-refractivity contribution in [3.63, 3.8) is 0 Å². The first kappa shape index (κ1) is 20.9. The molecular weight excluding hydrogens is 430 g/mol. The minimum Gasteiger partial charge on any atom is -0.357 e. The van der Waals surface area contributed by atoms with Gasteiger partial charge < -0.3 is 10.6 Å². The van der Waals surface area contributed by atoms with Crippen molar-refractivity contribution >= 4 is 29.9 Å². The van der Waals surface area contributed by atoms with Crippen LogP contribution >= 0.6 is 24.0 Å². The third-order valence-electron chi connectivity index (χ3n) is 3.53. The van der Waals surface area contributed by atoms with Gasteiger partial charge in [-0.25, -0.2) is 9.38 Å². The maximum atomic E-state index is 13.3. The lowest BCUT2D eigenvalue weighted by Crippen LogP contribution is -2.36. The first-order valence-corrected chi connectivity index (χ1v) is 7.88. The van der Waals surface area contributed by atoms with Gasteiger partial charge in [-0.15, -0.1) is 24.0 Å². The maximum Gasteiger partial charge on any atom is 0.191 e. The van der Waals surface area contributed by atoms with Crippen molar-refractivity contribution < 1.29 is 4.39 Å². The summed E-state index contributed by atoms with van der Waals surface area (Å²) in [6.45, 7) is 5.59. The van der Waals surface area contributed by atoms with E-state index in [2.05, 4.69) is 21.7 Å². The van der Waals surface area contributed by atoms with E-state index >= 15 is 0 Å². The molecule has 0 saturated carbocycles. The van der Waals surface area contributed by atoms with Crippen molar-refractivity contribution in [2.45, 2.75) is 26.9 Å². The predicted octanol–water partition coefficient (Wildman–Crippen LogP) is 3.88. The van der Waals surface area contributed by atoms with Crippen LogP contribution in [-0.4, -0.2) is 12.5 Å². The van der Waals surface area contributed by atoms with Crippen LogP contribution in [0.4, 0.5) is 4.39 Å². The highest BCUT2D eigenvalue weighted by Crippen LogP contribution is 2.10. The topological polar surface area (TPSA) is 60.2 Å². The molecule has 4 nitrogen and oxygen atoms in total. The van der Waals surface area contributed by atoms with E-state index in [9.17, 15) is 4.39 Å². The van der Waals surface area contributed by atoms with Crippen LogP contribution in [0.2, 0.25) is 0 Å². The lowest BCUT2D eigenvalue weighted by Gasteiger charge is -2.11. The molecule has 25 heavy (non-hydrogen) atoms. The van der Waals surface area contributed by atoms with Crippen molar-refractivity contribution in [1.82, 2.24) is 10.6 Å². The summed E-state index contributed by atoms with van der Waals surface area (Å²) in [6.07, 6.45) is 0. The Morgan fingerprint density at radius 1 is 1.12 bits per heavy atom. The molecule has 2 N–H and O–H groups in total. The van der Waals surface area contributed by atoms with Gasteiger partial charge in [0.15, 0.2) is 5.96 Å². The van der Waals surface area contributed by atoms with E-state index in [0.29, 0.717) is 30.2 Å². The number of aryl methyl sites for hydroxylation is 1. The molecule has 2 aromatic rings. The quantitative estimate of drug-likeness (QED) is 0.411. The van der Waals surface area contributed by atoms with Gasteiger partial charge in [0.05, 0.1) is 18.2 Å². The number of nitrogens with one attached hydrogen (secondary N) is 2. The fourth-order valence-corrected chi connectivity index (χ4v) is 2.20. The molecule has 0 unspecified atom stereocenters. The number of aliphatic imine (C=N–C) groups is 1. The molecular formula is C19H22FIN4. The molecule has 0 heterocycles. The molecule has 2 rings (SSSR count). The van der Waals surface area contributed by atoms with E-state index in [1.165, 1.54) is 6.07 Å². The lowest BCUT2D eigenvalue weighted by atomic mass is 10.1. The van der Waals surface area contributed by atoms with E-state index in [4.69, 9.17) is 5.26 Å². The summed E-state index contributed by atoms with van der Waals surface area (Å²) in [6, 6.07) is 14.5. The largest absolute Gasteiger partial charge is 0.357 e. The standard InChI is InChI=1S/C19H21FN4.HI/c1-3-22-19(23-12-16-6-4-15(11-21)5-7-16)24-13-17-8-9-18(20)14(2)10-17;/h4-10H,3,12-13H2,1-2H3,(H2,22,23,24);1H. The van der Waals surface area contributed by atoms with Crippen LogP contribution in [0.25, 0.3) is 0 Å². The normalized spacial score (nSPS) is 10.6. The molecule has 0 aliphatic rings. The van der Waals surface area contributed by atoms with Crippen molar-refractivity contribution in [3.05, 3.63) is 70.5 Å². The van der Waals surface area contributed by atoms with Crippen LogP contribution in [0.15, 0.2) is 47.5 Å². The molecule has 0 amide bonds. The summed E-state index contributed by atoms with van der Waals surface area (Å²) in [7, 11) is 0. The number of hydrogen-bond donors (Lipinski definition) is 2. The van der Waals surface area contributed by atoms with Gasteiger partial charge in [0.25, 0.3) is 0 Å². The molecule has 0 fully saturated rings. The Hall–Kier alpha value is -2.14. The molecule has 0 saturated heterocycles. The van der Waals surface area contributed by atoms with Crippen LogP contribution in [0, 0.1) is 24.1 Å². The van der Waals surface area contributed by atoms with E-state index in [1.54, 1.807) is 25.1 Å². The summed E-state index contributed by atoms with van der Waals surface area (Å²) in [5, 5.41) is 15.2. The summed E-state index contributed by atoms with van der Waals surface area (Å²) in [5.41, 5.74) is 3.30. The zero-order chi connectivity index (χ0) is 17.4. The average Bonchev–Trinajstić information content (AvgIpc) is 2.60. The molecule has 0 bridgehead atoms. The third-order valence-corrected chi connectivity index (χ3v) is 3.53. The van der Waals surface area contributed by atoms with Gasteiger partial charge in [-0.05, 0) is 48.7 Å². The molecule has 0 aromatic heterocycles. The van der Waals surface area contributed by atoms with Crippen LogP contribution in [-0.2, 0) is 13.1 Å². The summed E-state index contributed by atoms with van der Waals surface area (Å²) in [4.78, 5) is 4.52. The van der Waals surface area contributed by atoms with Gasteiger partial charge in [0.1, 0.15) is 5.82 Å². The molecule has 0 radical (unpaired) electrons. The number of nitrogens with zero attached hydrogens (tertiary/aromatic N) is 2. The zero-order valence-electron chi connectivity index (χ0n) is 14.3. The number of halogens is 2. The highest BCUT2D eigenvalue weighted by molar-refractivity contribution is 14.0. The van der Waals surface area contributed by atoms with E-state index in [0.717, 1.165) is 17.7 Å². The Balaban J connectivity index is 0.00000312. The summed E-state index contributed by atoms with van der Waals surface area (Å²) in [5.74, 6) is 0.498. The monoisotopic (exact) mass is 452 g/mol. The minimum atomic E-state index is -0.200. The molecule has 0 aliphatic heterocycles. The maximum absolute atomic E-state index is 13.3. The molecule has 0 atom stereocenters. The third kappa shape index (κ3) is 6.70. The van der Waals surface area contributed by atoms with Gasteiger partial charge in [-0.1, -0.05) is 24.3 Å². The van der Waals surface area contributed by atoms with Crippen LogP contribution in [0.1, 0.15) is 29.2 Å². The zero-order valence-corrected chi connectivity index (χ0v) is 16.7. The van der Waals surface area contributed by atoms with Gasteiger partial charge in [0.2, 0.25) is 0 Å². The molecule has 6 heteroatoms. The number of benzene rings is 2. The lowest BCUT2D eigenvalue weighted by molar-refractivity contribution is 0.617. The highest BCUT2D eigenvalue weighted by atomic mass is 127. The van der Waals surface area contributed by atoms with Crippen LogP contribution in [0.3, 0.4) is 0 Å². The minimum absolute atomic E-state index is 0. The molecule has 2 aromatic carbocycles. The highest BCUT2D eigenvalue weighted by Gasteiger charge is 2.01. The molecule has 132 valence electrons. The van der Waals surface area contributed by atoms with Gasteiger partial charge in [0, 0.05) is 13.1 Å². The number of hydrogen-bond acceptors (Lipinski definition) is 2. The fourth-order valence-electron chi connectivity index (χ4n) is 2.20. The number of guanidine groups is 1. The second-order valence-electron chi connectivity index (χ2n) is 5.44. The van der Waals surface area contributed by atoms with Gasteiger partial charge in [-0.3, -0.25) is 0 Å². The molecule has 0 spiro atoms. The van der Waals surface area contributed by atoms with Crippen LogP contribution < -0.4 is 10.6 Å². The second-order valence-corrected chi connectivity index (χ2v) is 5.44. The van der Waals surface area contributed by atoms with Crippen LogP contribution in [0.5, 0.6) is 0 Å². The SMILES string of the molecule is CCNC(=NCc1ccc(F)c(C)c1)NCc1ccc(C#N)cc1.I. The number of nitriles is 1. The van der Waals surface area contributed by atoms with E-state index in [-0.39, 0.29) is 29.8 Å². The molecule has 0 aliphatic carbocycles. The first-order chi connectivity index (χ1) is 11.6. The summed E-state index contributed by atoms with van der Waals surface area (Å²) < 4.78 is 13.3. The summed E-state index contributed by atoms with van der Waals surface area (Å²) >= 11 is 0. The van der Waals surface area contributed by atoms with Crippen molar-refractivity contribution in [2.75, 3.05) is 6.54 Å². The van der Waals surface area contributed by atoms with Gasteiger partial charge >= 0.3 is 0 Å². The number of rotatable bonds is 5. The van der Waals surface area contributed by atoms with Crippen molar-refractivity contribution in [2.24, 2.45) is 4.99 Å².